The molecule has 0 saturated carbocycles. The fourth-order valence-electron chi connectivity index (χ4n) is 1.77. The van der Waals surface area contributed by atoms with Crippen LogP contribution in [-0.2, 0) is 6.54 Å². The van der Waals surface area contributed by atoms with E-state index in [1.807, 2.05) is 30.3 Å². The third-order valence-electron chi connectivity index (χ3n) is 2.70. The standard InChI is InChI=1S/C13H10N6O/c14-7-11-4-5-12(20-11)8-15-10-3-1-2-9(6-10)13-16-18-19-17-13/h1-6,15H,8H2,(H,16,17,18,19). The first-order valence-electron chi connectivity index (χ1n) is 5.92. The summed E-state index contributed by atoms with van der Waals surface area (Å²) in [6.07, 6.45) is 0. The second-order valence-electron chi connectivity index (χ2n) is 4.05. The van der Waals surface area contributed by atoms with Gasteiger partial charge in [0.15, 0.2) is 0 Å². The van der Waals surface area contributed by atoms with E-state index in [9.17, 15) is 0 Å². The predicted octanol–water partition coefficient (Wildman–Crippen LogP) is 1.94. The van der Waals surface area contributed by atoms with Crippen LogP contribution in [0.25, 0.3) is 11.4 Å². The first kappa shape index (κ1) is 11.9. The minimum absolute atomic E-state index is 0.308. The van der Waals surface area contributed by atoms with Gasteiger partial charge in [-0.15, -0.1) is 10.2 Å². The SMILES string of the molecule is N#Cc1ccc(CNc2cccc(-c3nn[nH]n3)c2)o1. The first-order chi connectivity index (χ1) is 9.85. The van der Waals surface area contributed by atoms with E-state index in [1.165, 1.54) is 0 Å². The number of nitriles is 1. The Morgan fingerprint density at radius 3 is 3.00 bits per heavy atom. The molecule has 0 spiro atoms. The number of tetrazole rings is 1. The van der Waals surface area contributed by atoms with E-state index in [0.717, 1.165) is 11.3 Å². The second-order valence-corrected chi connectivity index (χ2v) is 4.05. The van der Waals surface area contributed by atoms with Crippen molar-refractivity contribution in [1.82, 2.24) is 20.6 Å². The van der Waals surface area contributed by atoms with Crippen molar-refractivity contribution in [2.75, 3.05) is 5.32 Å². The van der Waals surface area contributed by atoms with Gasteiger partial charge < -0.3 is 9.73 Å². The summed E-state index contributed by atoms with van der Waals surface area (Å²) in [5, 5.41) is 25.7. The summed E-state index contributed by atoms with van der Waals surface area (Å²) >= 11 is 0. The molecule has 0 aliphatic rings. The Morgan fingerprint density at radius 2 is 2.25 bits per heavy atom. The van der Waals surface area contributed by atoms with Gasteiger partial charge >= 0.3 is 0 Å². The highest BCUT2D eigenvalue weighted by molar-refractivity contribution is 5.61. The van der Waals surface area contributed by atoms with Crippen LogP contribution in [-0.4, -0.2) is 20.6 Å². The normalized spacial score (nSPS) is 10.2. The molecule has 0 radical (unpaired) electrons. The van der Waals surface area contributed by atoms with Gasteiger partial charge in [-0.2, -0.15) is 10.5 Å². The minimum Gasteiger partial charge on any atom is -0.449 e. The van der Waals surface area contributed by atoms with Crippen molar-refractivity contribution in [1.29, 1.82) is 5.26 Å². The molecule has 0 saturated heterocycles. The van der Waals surface area contributed by atoms with Crippen LogP contribution in [0.3, 0.4) is 0 Å². The number of benzene rings is 1. The number of nitrogens with one attached hydrogen (secondary N) is 2. The van der Waals surface area contributed by atoms with E-state index in [0.29, 0.717) is 23.9 Å². The molecule has 0 bridgehead atoms. The minimum atomic E-state index is 0.308. The summed E-state index contributed by atoms with van der Waals surface area (Å²) in [6.45, 7) is 0.497. The number of nitrogens with zero attached hydrogens (tertiary/aromatic N) is 4. The van der Waals surface area contributed by atoms with Crippen molar-refractivity contribution in [2.45, 2.75) is 6.54 Å². The fraction of sp³-hybridized carbons (Fsp3) is 0.0769. The van der Waals surface area contributed by atoms with E-state index in [-0.39, 0.29) is 0 Å². The number of rotatable bonds is 4. The van der Waals surface area contributed by atoms with Crippen molar-refractivity contribution in [3.05, 3.63) is 47.9 Å². The maximum Gasteiger partial charge on any atom is 0.204 e. The average molecular weight is 266 g/mol. The lowest BCUT2D eigenvalue weighted by Crippen LogP contribution is -1.98. The van der Waals surface area contributed by atoms with Crippen LogP contribution in [0.15, 0.2) is 40.8 Å². The third-order valence-corrected chi connectivity index (χ3v) is 2.70. The molecule has 0 amide bonds. The molecule has 1 aromatic carbocycles. The molecule has 7 heteroatoms. The summed E-state index contributed by atoms with van der Waals surface area (Å²) in [6, 6.07) is 13.0. The van der Waals surface area contributed by atoms with E-state index < -0.39 is 0 Å². The van der Waals surface area contributed by atoms with Gasteiger partial charge in [-0.25, -0.2) is 0 Å². The molecule has 98 valence electrons. The largest absolute Gasteiger partial charge is 0.449 e. The number of hydrogen-bond donors (Lipinski definition) is 2. The van der Waals surface area contributed by atoms with Crippen molar-refractivity contribution in [3.8, 4) is 17.5 Å². The van der Waals surface area contributed by atoms with Crippen molar-refractivity contribution in [2.24, 2.45) is 0 Å². The van der Waals surface area contributed by atoms with Gasteiger partial charge in [0, 0.05) is 11.3 Å². The quantitative estimate of drug-likeness (QED) is 0.748. The monoisotopic (exact) mass is 266 g/mol. The maximum atomic E-state index is 8.69. The number of hydrogen-bond acceptors (Lipinski definition) is 6. The molecule has 20 heavy (non-hydrogen) atoms. The summed E-state index contributed by atoms with van der Waals surface area (Å²) in [4.78, 5) is 0. The Bertz CT molecular complexity index is 740. The summed E-state index contributed by atoms with van der Waals surface area (Å²) in [5.41, 5.74) is 1.77. The van der Waals surface area contributed by atoms with Gasteiger partial charge in [0.05, 0.1) is 6.54 Å². The zero-order chi connectivity index (χ0) is 13.8. The molecule has 0 aliphatic carbocycles. The zero-order valence-corrected chi connectivity index (χ0v) is 10.4. The topological polar surface area (TPSA) is 103 Å². The number of aromatic amines is 1. The smallest absolute Gasteiger partial charge is 0.204 e. The number of anilines is 1. The van der Waals surface area contributed by atoms with Crippen molar-refractivity contribution in [3.63, 3.8) is 0 Å². The molecule has 7 nitrogen and oxygen atoms in total. The molecular weight excluding hydrogens is 256 g/mol. The summed E-state index contributed by atoms with van der Waals surface area (Å²) in [7, 11) is 0. The lowest BCUT2D eigenvalue weighted by molar-refractivity contribution is 0.506. The highest BCUT2D eigenvalue weighted by Gasteiger charge is 2.04. The van der Waals surface area contributed by atoms with E-state index in [2.05, 4.69) is 25.9 Å². The molecule has 2 N–H and O–H groups in total. The number of furan rings is 1. The molecule has 3 rings (SSSR count). The summed E-state index contributed by atoms with van der Waals surface area (Å²) < 4.78 is 5.29. The molecule has 0 fully saturated rings. The van der Waals surface area contributed by atoms with Crippen LogP contribution in [0, 0.1) is 11.3 Å². The molecular formula is C13H10N6O. The number of aromatic nitrogens is 4. The van der Waals surface area contributed by atoms with Crippen molar-refractivity contribution < 1.29 is 4.42 Å². The Morgan fingerprint density at radius 1 is 1.30 bits per heavy atom. The average Bonchev–Trinajstić information content (AvgIpc) is 3.17. The van der Waals surface area contributed by atoms with E-state index in [1.54, 1.807) is 12.1 Å². The number of H-pyrrole nitrogens is 1. The Hall–Kier alpha value is -3.14. The van der Waals surface area contributed by atoms with Crippen LogP contribution in [0.4, 0.5) is 5.69 Å². The molecule has 0 atom stereocenters. The van der Waals surface area contributed by atoms with E-state index >= 15 is 0 Å². The lowest BCUT2D eigenvalue weighted by Gasteiger charge is -2.05. The highest BCUT2D eigenvalue weighted by atomic mass is 16.3. The molecule has 2 aromatic heterocycles. The molecule has 2 heterocycles. The van der Waals surface area contributed by atoms with Gasteiger partial charge in [0.2, 0.25) is 11.6 Å². The van der Waals surface area contributed by atoms with Gasteiger partial charge in [-0.05, 0) is 29.5 Å². The Kier molecular flexibility index (Phi) is 3.12. The lowest BCUT2D eigenvalue weighted by atomic mass is 10.2. The van der Waals surface area contributed by atoms with Crippen molar-refractivity contribution >= 4 is 5.69 Å². The second kappa shape index (κ2) is 5.24. The molecule has 0 unspecified atom stereocenters. The summed E-state index contributed by atoms with van der Waals surface area (Å²) in [5.74, 6) is 1.55. The van der Waals surface area contributed by atoms with Crippen LogP contribution in [0.1, 0.15) is 11.5 Å². The Balaban J connectivity index is 1.72. The molecule has 3 aromatic rings. The van der Waals surface area contributed by atoms with Crippen LogP contribution in [0.5, 0.6) is 0 Å². The van der Waals surface area contributed by atoms with Gasteiger partial charge in [0.25, 0.3) is 0 Å². The molecule has 0 aliphatic heterocycles. The zero-order valence-electron chi connectivity index (χ0n) is 10.4. The highest BCUT2D eigenvalue weighted by Crippen LogP contribution is 2.19. The van der Waals surface area contributed by atoms with Crippen LogP contribution < -0.4 is 5.32 Å². The Labute approximate surface area is 114 Å². The van der Waals surface area contributed by atoms with Crippen LogP contribution >= 0.6 is 0 Å². The predicted molar refractivity (Wildman–Crippen MR) is 70.4 cm³/mol. The van der Waals surface area contributed by atoms with Gasteiger partial charge in [0.1, 0.15) is 11.8 Å². The first-order valence-corrected chi connectivity index (χ1v) is 5.92. The third kappa shape index (κ3) is 2.49. The van der Waals surface area contributed by atoms with Crippen LogP contribution in [0.2, 0.25) is 0 Å². The van der Waals surface area contributed by atoms with Gasteiger partial charge in [-0.3, -0.25) is 0 Å². The fourth-order valence-corrected chi connectivity index (χ4v) is 1.77. The maximum absolute atomic E-state index is 8.69. The van der Waals surface area contributed by atoms with Gasteiger partial charge in [-0.1, -0.05) is 12.1 Å². The van der Waals surface area contributed by atoms with E-state index in [4.69, 9.17) is 9.68 Å².